The Kier molecular flexibility index (Phi) is 6.81. The van der Waals surface area contributed by atoms with Gasteiger partial charge in [-0.25, -0.2) is 9.37 Å². The normalized spacial score (nSPS) is 14.5. The van der Waals surface area contributed by atoms with E-state index in [4.69, 9.17) is 33.2 Å². The largest absolute Gasteiger partial charge is 0.365 e. The second-order valence-electron chi connectivity index (χ2n) is 8.37. The van der Waals surface area contributed by atoms with E-state index in [1.165, 1.54) is 12.1 Å². The molecule has 1 aromatic heterocycles. The van der Waals surface area contributed by atoms with Crippen LogP contribution in [0.1, 0.15) is 11.1 Å². The summed E-state index contributed by atoms with van der Waals surface area (Å²) in [7, 11) is 0. The number of piperazine rings is 1. The molecule has 1 aliphatic heterocycles. The molecular weight excluding hydrogens is 472 g/mol. The van der Waals surface area contributed by atoms with E-state index >= 15 is 0 Å². The van der Waals surface area contributed by atoms with Crippen molar-refractivity contribution in [1.29, 1.82) is 0 Å². The van der Waals surface area contributed by atoms with Crippen molar-refractivity contribution in [2.75, 3.05) is 36.4 Å². The number of nitrogens with zero attached hydrogens (tertiary/aromatic N) is 4. The lowest BCUT2D eigenvalue weighted by Gasteiger charge is -2.35. The number of anilines is 2. The molecule has 2 heterocycles. The second kappa shape index (κ2) is 10.1. The summed E-state index contributed by atoms with van der Waals surface area (Å²) >= 11 is 12.4. The van der Waals surface area contributed by atoms with E-state index in [0.29, 0.717) is 22.5 Å². The van der Waals surface area contributed by atoms with Crippen LogP contribution in [0.5, 0.6) is 0 Å². The van der Waals surface area contributed by atoms with Gasteiger partial charge >= 0.3 is 0 Å². The number of para-hydroxylation sites is 1. The lowest BCUT2D eigenvalue weighted by atomic mass is 10.2. The van der Waals surface area contributed by atoms with Crippen molar-refractivity contribution in [3.8, 4) is 0 Å². The molecule has 0 bridgehead atoms. The molecule has 1 fully saturated rings. The van der Waals surface area contributed by atoms with E-state index in [-0.39, 0.29) is 5.82 Å². The topological polar surface area (TPSA) is 44.3 Å². The van der Waals surface area contributed by atoms with Gasteiger partial charge in [-0.05, 0) is 47.5 Å². The smallest absolute Gasteiger partial charge is 0.227 e. The summed E-state index contributed by atoms with van der Waals surface area (Å²) in [6.45, 7) is 4.74. The first-order chi connectivity index (χ1) is 16.5. The van der Waals surface area contributed by atoms with Crippen molar-refractivity contribution >= 4 is 45.9 Å². The van der Waals surface area contributed by atoms with Crippen LogP contribution in [0.3, 0.4) is 0 Å². The molecule has 5 nitrogen and oxygen atoms in total. The molecule has 0 spiro atoms. The predicted molar refractivity (Wildman–Crippen MR) is 137 cm³/mol. The first kappa shape index (κ1) is 22.8. The summed E-state index contributed by atoms with van der Waals surface area (Å²) < 4.78 is 13.2. The third kappa shape index (κ3) is 5.25. The Labute approximate surface area is 208 Å². The van der Waals surface area contributed by atoms with Gasteiger partial charge in [-0.1, -0.05) is 53.5 Å². The van der Waals surface area contributed by atoms with Crippen molar-refractivity contribution in [2.45, 2.75) is 13.1 Å². The molecule has 5 rings (SSSR count). The number of aromatic nitrogens is 2. The molecule has 4 aromatic rings. The highest BCUT2D eigenvalue weighted by atomic mass is 35.5. The summed E-state index contributed by atoms with van der Waals surface area (Å²) in [6, 6.07) is 20.1. The molecule has 8 heteroatoms. The molecule has 0 saturated carbocycles. The van der Waals surface area contributed by atoms with Crippen LogP contribution in [0, 0.1) is 5.82 Å². The number of hydrogen-bond acceptors (Lipinski definition) is 5. The summed E-state index contributed by atoms with van der Waals surface area (Å²) in [4.78, 5) is 14.3. The molecule has 1 aliphatic rings. The first-order valence-electron chi connectivity index (χ1n) is 11.2. The van der Waals surface area contributed by atoms with Gasteiger partial charge in [0.1, 0.15) is 11.6 Å². The number of rotatable bonds is 6. The number of benzene rings is 3. The highest BCUT2D eigenvalue weighted by Crippen LogP contribution is 2.26. The lowest BCUT2D eigenvalue weighted by Crippen LogP contribution is -2.46. The van der Waals surface area contributed by atoms with E-state index in [0.717, 1.165) is 60.6 Å². The Hall–Kier alpha value is -2.93. The summed E-state index contributed by atoms with van der Waals surface area (Å²) in [5, 5.41) is 5.73. The van der Waals surface area contributed by atoms with E-state index in [1.54, 1.807) is 18.2 Å². The van der Waals surface area contributed by atoms with Gasteiger partial charge in [0, 0.05) is 54.7 Å². The minimum atomic E-state index is -0.240. The molecule has 3 aromatic carbocycles. The SMILES string of the molecule is Fc1ccc(CNc2nc(N3CCN(Cc4ccc(Cl)cc4Cl)CC3)nc3ccccc23)cc1. The quantitative estimate of drug-likeness (QED) is 0.354. The molecule has 0 radical (unpaired) electrons. The van der Waals surface area contributed by atoms with Gasteiger partial charge in [-0.2, -0.15) is 4.98 Å². The molecule has 0 atom stereocenters. The summed E-state index contributed by atoms with van der Waals surface area (Å²) in [5.74, 6) is 1.25. The predicted octanol–water partition coefficient (Wildman–Crippen LogP) is 6.01. The first-order valence-corrected chi connectivity index (χ1v) is 12.0. The molecule has 0 amide bonds. The Morgan fingerprint density at radius 3 is 2.41 bits per heavy atom. The number of halogens is 3. The molecule has 0 aliphatic carbocycles. The van der Waals surface area contributed by atoms with Crippen molar-refractivity contribution in [1.82, 2.24) is 14.9 Å². The maximum absolute atomic E-state index is 13.2. The molecular formula is C26H24Cl2FN5. The van der Waals surface area contributed by atoms with E-state index < -0.39 is 0 Å². The maximum atomic E-state index is 13.2. The van der Waals surface area contributed by atoms with Gasteiger partial charge in [0.15, 0.2) is 0 Å². The van der Waals surface area contributed by atoms with E-state index in [2.05, 4.69) is 15.1 Å². The van der Waals surface area contributed by atoms with E-state index in [1.807, 2.05) is 36.4 Å². The Bertz CT molecular complexity index is 1290. The van der Waals surface area contributed by atoms with Crippen LogP contribution in [0.4, 0.5) is 16.2 Å². The van der Waals surface area contributed by atoms with Crippen LogP contribution in [-0.4, -0.2) is 41.0 Å². The van der Waals surface area contributed by atoms with Crippen molar-refractivity contribution in [3.05, 3.63) is 93.7 Å². The molecule has 174 valence electrons. The molecule has 1 saturated heterocycles. The van der Waals surface area contributed by atoms with Gasteiger partial charge in [0.2, 0.25) is 5.95 Å². The monoisotopic (exact) mass is 495 g/mol. The van der Waals surface area contributed by atoms with Gasteiger partial charge in [-0.15, -0.1) is 0 Å². The third-order valence-corrected chi connectivity index (χ3v) is 6.62. The fourth-order valence-corrected chi connectivity index (χ4v) is 4.59. The van der Waals surface area contributed by atoms with Crippen LogP contribution in [0.2, 0.25) is 10.0 Å². The van der Waals surface area contributed by atoms with E-state index in [9.17, 15) is 4.39 Å². The number of nitrogens with one attached hydrogen (secondary N) is 1. The number of fused-ring (bicyclic) bond motifs is 1. The fraction of sp³-hybridized carbons (Fsp3) is 0.231. The summed E-state index contributed by atoms with van der Waals surface area (Å²) in [6.07, 6.45) is 0. The molecule has 0 unspecified atom stereocenters. The zero-order valence-electron chi connectivity index (χ0n) is 18.5. The maximum Gasteiger partial charge on any atom is 0.227 e. The van der Waals surface area contributed by atoms with Gasteiger partial charge in [-0.3, -0.25) is 4.90 Å². The van der Waals surface area contributed by atoms with Gasteiger partial charge in [0.05, 0.1) is 5.52 Å². The van der Waals surface area contributed by atoms with Crippen LogP contribution in [-0.2, 0) is 13.1 Å². The van der Waals surface area contributed by atoms with Crippen molar-refractivity contribution in [3.63, 3.8) is 0 Å². The van der Waals surface area contributed by atoms with Crippen molar-refractivity contribution < 1.29 is 4.39 Å². The molecule has 34 heavy (non-hydrogen) atoms. The zero-order valence-corrected chi connectivity index (χ0v) is 20.0. The van der Waals surface area contributed by atoms with Crippen LogP contribution in [0.15, 0.2) is 66.7 Å². The third-order valence-electron chi connectivity index (χ3n) is 6.03. The highest BCUT2D eigenvalue weighted by molar-refractivity contribution is 6.35. The average Bonchev–Trinajstić information content (AvgIpc) is 2.85. The second-order valence-corrected chi connectivity index (χ2v) is 9.21. The zero-order chi connectivity index (χ0) is 23.5. The average molecular weight is 496 g/mol. The van der Waals surface area contributed by atoms with Gasteiger partial charge in [0.25, 0.3) is 0 Å². The minimum Gasteiger partial charge on any atom is -0.365 e. The van der Waals surface area contributed by atoms with Crippen LogP contribution in [0.25, 0.3) is 10.9 Å². The van der Waals surface area contributed by atoms with Crippen LogP contribution >= 0.6 is 23.2 Å². The fourth-order valence-electron chi connectivity index (χ4n) is 4.13. The van der Waals surface area contributed by atoms with Crippen LogP contribution < -0.4 is 10.2 Å². The summed E-state index contributed by atoms with van der Waals surface area (Å²) in [5.41, 5.74) is 2.96. The van der Waals surface area contributed by atoms with Crippen molar-refractivity contribution in [2.24, 2.45) is 0 Å². The standard InChI is InChI=1S/C26H24Cl2FN5/c27-20-8-7-19(23(28)15-20)17-33-11-13-34(14-12-33)26-31-24-4-2-1-3-22(24)25(32-26)30-16-18-5-9-21(29)10-6-18/h1-10,15H,11-14,16-17H2,(H,30,31,32). The Balaban J connectivity index is 1.30. The lowest BCUT2D eigenvalue weighted by molar-refractivity contribution is 0.249. The van der Waals surface area contributed by atoms with Gasteiger partial charge < -0.3 is 10.2 Å². The number of hydrogen-bond donors (Lipinski definition) is 1. The Morgan fingerprint density at radius 1 is 0.882 bits per heavy atom. The Morgan fingerprint density at radius 2 is 1.65 bits per heavy atom. The highest BCUT2D eigenvalue weighted by Gasteiger charge is 2.21. The molecule has 1 N–H and O–H groups in total. The minimum absolute atomic E-state index is 0.240.